The Bertz CT molecular complexity index is 179. The molecule has 0 N–H and O–H groups in total. The van der Waals surface area contributed by atoms with E-state index in [2.05, 4.69) is 18.7 Å². The van der Waals surface area contributed by atoms with Crippen LogP contribution in [0.3, 0.4) is 0 Å². The van der Waals surface area contributed by atoms with Crippen LogP contribution in [-0.2, 0) is 4.79 Å². The molecule has 2 unspecified atom stereocenters. The van der Waals surface area contributed by atoms with Crippen LogP contribution in [0.1, 0.15) is 52.4 Å². The molecule has 0 saturated heterocycles. The summed E-state index contributed by atoms with van der Waals surface area (Å²) in [6.07, 6.45) is 7.47. The summed E-state index contributed by atoms with van der Waals surface area (Å²) >= 11 is 2.09. The first-order valence-corrected chi connectivity index (χ1v) is 6.84. The van der Waals surface area contributed by atoms with Gasteiger partial charge in [-0.2, -0.15) is 11.8 Å². The molecule has 2 heteroatoms. The highest BCUT2D eigenvalue weighted by Gasteiger charge is 2.18. The van der Waals surface area contributed by atoms with Crippen LogP contribution in [0.5, 0.6) is 0 Å². The Morgan fingerprint density at radius 3 is 2.86 bits per heavy atom. The largest absolute Gasteiger partial charge is 0.300 e. The third-order valence-corrected chi connectivity index (χ3v) is 4.34. The maximum atomic E-state index is 10.7. The topological polar surface area (TPSA) is 17.1 Å². The Morgan fingerprint density at radius 2 is 2.21 bits per heavy atom. The quantitative estimate of drug-likeness (QED) is 0.650. The molecule has 0 spiro atoms. The second-order valence-corrected chi connectivity index (χ2v) is 5.98. The lowest BCUT2D eigenvalue weighted by molar-refractivity contribution is -0.117. The van der Waals surface area contributed by atoms with Gasteiger partial charge in [-0.05, 0) is 37.9 Å². The van der Waals surface area contributed by atoms with Gasteiger partial charge in [0.2, 0.25) is 0 Å². The molecule has 0 bridgehead atoms. The zero-order valence-corrected chi connectivity index (χ0v) is 10.2. The lowest BCUT2D eigenvalue weighted by Gasteiger charge is -2.26. The summed E-state index contributed by atoms with van der Waals surface area (Å²) in [4.78, 5) is 10.7. The van der Waals surface area contributed by atoms with Gasteiger partial charge in [0.05, 0.1) is 0 Å². The molecular weight excluding hydrogens is 192 g/mol. The second kappa shape index (κ2) is 6.49. The van der Waals surface area contributed by atoms with Crippen molar-refractivity contribution in [3.05, 3.63) is 0 Å². The highest BCUT2D eigenvalue weighted by Crippen LogP contribution is 2.32. The number of hydrogen-bond donors (Lipinski definition) is 0. The van der Waals surface area contributed by atoms with Crippen LogP contribution < -0.4 is 0 Å². The number of Topliss-reactive ketones (excluding diaryl/α,β-unsaturated/α-hetero) is 1. The highest BCUT2D eigenvalue weighted by atomic mass is 32.2. The SMILES string of the molecule is CC(=O)CCCSC1CCCC(C)C1. The highest BCUT2D eigenvalue weighted by molar-refractivity contribution is 7.99. The van der Waals surface area contributed by atoms with Gasteiger partial charge in [-0.25, -0.2) is 0 Å². The monoisotopic (exact) mass is 214 g/mol. The fourth-order valence-corrected chi connectivity index (χ4v) is 3.54. The van der Waals surface area contributed by atoms with E-state index < -0.39 is 0 Å². The molecule has 0 aliphatic heterocycles. The van der Waals surface area contributed by atoms with Crippen LogP contribution >= 0.6 is 11.8 Å². The number of hydrogen-bond acceptors (Lipinski definition) is 2. The molecule has 82 valence electrons. The Morgan fingerprint density at radius 1 is 1.43 bits per heavy atom. The fraction of sp³-hybridized carbons (Fsp3) is 0.917. The average Bonchev–Trinajstić information content (AvgIpc) is 2.12. The van der Waals surface area contributed by atoms with Crippen molar-refractivity contribution in [2.24, 2.45) is 5.92 Å². The van der Waals surface area contributed by atoms with E-state index in [-0.39, 0.29) is 0 Å². The van der Waals surface area contributed by atoms with E-state index in [1.54, 1.807) is 6.92 Å². The summed E-state index contributed by atoms with van der Waals surface area (Å²) in [7, 11) is 0. The van der Waals surface area contributed by atoms with Crippen molar-refractivity contribution in [1.29, 1.82) is 0 Å². The first kappa shape index (κ1) is 12.1. The van der Waals surface area contributed by atoms with E-state index in [1.807, 2.05) is 0 Å². The number of carbonyl (C=O) groups excluding carboxylic acids is 1. The molecule has 0 aromatic rings. The number of thioether (sulfide) groups is 1. The molecule has 1 rings (SSSR count). The average molecular weight is 214 g/mol. The Labute approximate surface area is 92.0 Å². The van der Waals surface area contributed by atoms with Crippen LogP contribution in [0.15, 0.2) is 0 Å². The molecule has 14 heavy (non-hydrogen) atoms. The maximum absolute atomic E-state index is 10.7. The van der Waals surface area contributed by atoms with Crippen molar-refractivity contribution < 1.29 is 4.79 Å². The Kier molecular flexibility index (Phi) is 5.61. The third kappa shape index (κ3) is 5.04. The minimum Gasteiger partial charge on any atom is -0.300 e. The van der Waals surface area contributed by atoms with E-state index in [1.165, 1.54) is 31.4 Å². The summed E-state index contributed by atoms with van der Waals surface area (Å²) in [6.45, 7) is 4.05. The van der Waals surface area contributed by atoms with Gasteiger partial charge in [0.25, 0.3) is 0 Å². The molecule has 0 aromatic heterocycles. The molecule has 1 aliphatic rings. The summed E-state index contributed by atoms with van der Waals surface area (Å²) in [5.41, 5.74) is 0. The minimum absolute atomic E-state index is 0.336. The summed E-state index contributed by atoms with van der Waals surface area (Å²) < 4.78 is 0. The molecule has 1 aliphatic carbocycles. The minimum atomic E-state index is 0.336. The number of ketones is 1. The summed E-state index contributed by atoms with van der Waals surface area (Å²) in [6, 6.07) is 0. The molecule has 1 nitrogen and oxygen atoms in total. The summed E-state index contributed by atoms with van der Waals surface area (Å²) in [5.74, 6) is 2.44. The van der Waals surface area contributed by atoms with Crippen LogP contribution in [0.25, 0.3) is 0 Å². The molecule has 2 atom stereocenters. The molecule has 0 amide bonds. The van der Waals surface area contributed by atoms with Gasteiger partial charge in [0.15, 0.2) is 0 Å². The van der Waals surface area contributed by atoms with E-state index in [0.717, 1.165) is 24.0 Å². The van der Waals surface area contributed by atoms with Crippen molar-refractivity contribution in [1.82, 2.24) is 0 Å². The normalized spacial score (nSPS) is 27.6. The van der Waals surface area contributed by atoms with E-state index in [0.29, 0.717) is 5.78 Å². The fourth-order valence-electron chi connectivity index (χ4n) is 2.10. The van der Waals surface area contributed by atoms with Gasteiger partial charge in [-0.1, -0.05) is 19.8 Å². The van der Waals surface area contributed by atoms with E-state index >= 15 is 0 Å². The predicted molar refractivity (Wildman–Crippen MR) is 63.8 cm³/mol. The van der Waals surface area contributed by atoms with Crippen molar-refractivity contribution in [3.8, 4) is 0 Å². The molecular formula is C12H22OS. The van der Waals surface area contributed by atoms with Gasteiger partial charge in [0.1, 0.15) is 5.78 Å². The van der Waals surface area contributed by atoms with Gasteiger partial charge < -0.3 is 4.79 Å². The van der Waals surface area contributed by atoms with Crippen molar-refractivity contribution in [2.75, 3.05) is 5.75 Å². The summed E-state index contributed by atoms with van der Waals surface area (Å²) in [5, 5.41) is 0.880. The molecule has 1 saturated carbocycles. The van der Waals surface area contributed by atoms with Crippen LogP contribution in [-0.4, -0.2) is 16.8 Å². The first-order chi connectivity index (χ1) is 6.68. The van der Waals surface area contributed by atoms with E-state index in [4.69, 9.17) is 0 Å². The van der Waals surface area contributed by atoms with Gasteiger partial charge in [-0.15, -0.1) is 0 Å². The van der Waals surface area contributed by atoms with Gasteiger partial charge in [0, 0.05) is 11.7 Å². The second-order valence-electron chi connectivity index (χ2n) is 4.57. The van der Waals surface area contributed by atoms with Gasteiger partial charge in [-0.3, -0.25) is 0 Å². The molecule has 0 heterocycles. The lowest BCUT2D eigenvalue weighted by Crippen LogP contribution is -2.15. The molecule has 0 radical (unpaired) electrons. The number of carbonyl (C=O) groups is 1. The third-order valence-electron chi connectivity index (χ3n) is 2.92. The zero-order chi connectivity index (χ0) is 10.4. The maximum Gasteiger partial charge on any atom is 0.129 e. The predicted octanol–water partition coefficient (Wildman–Crippen LogP) is 3.67. The van der Waals surface area contributed by atoms with Crippen LogP contribution in [0.4, 0.5) is 0 Å². The van der Waals surface area contributed by atoms with Gasteiger partial charge >= 0.3 is 0 Å². The Hall–Kier alpha value is 0.0200. The Balaban J connectivity index is 2.03. The standard InChI is InChI=1S/C12H22OS/c1-10-5-3-7-12(9-10)14-8-4-6-11(2)13/h10,12H,3-9H2,1-2H3. The van der Waals surface area contributed by atoms with Crippen molar-refractivity contribution >= 4 is 17.5 Å². The van der Waals surface area contributed by atoms with Crippen LogP contribution in [0.2, 0.25) is 0 Å². The lowest BCUT2D eigenvalue weighted by atomic mass is 9.91. The van der Waals surface area contributed by atoms with Crippen LogP contribution in [0, 0.1) is 5.92 Å². The van der Waals surface area contributed by atoms with Crippen molar-refractivity contribution in [2.45, 2.75) is 57.6 Å². The molecule has 1 fully saturated rings. The zero-order valence-electron chi connectivity index (χ0n) is 9.42. The first-order valence-electron chi connectivity index (χ1n) is 5.79. The number of rotatable bonds is 5. The van der Waals surface area contributed by atoms with Crippen molar-refractivity contribution in [3.63, 3.8) is 0 Å². The van der Waals surface area contributed by atoms with E-state index in [9.17, 15) is 4.79 Å². The molecule has 0 aromatic carbocycles. The smallest absolute Gasteiger partial charge is 0.129 e.